The lowest BCUT2D eigenvalue weighted by atomic mass is 10.2. The van der Waals surface area contributed by atoms with Crippen LogP contribution in [0.3, 0.4) is 0 Å². The Morgan fingerprint density at radius 3 is 2.59 bits per heavy atom. The van der Waals surface area contributed by atoms with E-state index in [-0.39, 0.29) is 5.56 Å². The Hall–Kier alpha value is -2.00. The molecule has 0 aliphatic heterocycles. The van der Waals surface area contributed by atoms with Crippen LogP contribution in [0.25, 0.3) is 10.9 Å². The summed E-state index contributed by atoms with van der Waals surface area (Å²) >= 11 is 16.7. The fourth-order valence-electron chi connectivity index (χ4n) is 3.37. The fourth-order valence-corrected chi connectivity index (χ4v) is 5.07. The molecule has 0 radical (unpaired) electrons. The van der Waals surface area contributed by atoms with Crippen molar-refractivity contribution in [1.29, 1.82) is 0 Å². The van der Waals surface area contributed by atoms with Crippen molar-refractivity contribution in [3.05, 3.63) is 100 Å². The Bertz CT molecular complexity index is 1450. The largest absolute Gasteiger partial charge is 0.488 e. The maximum absolute atomic E-state index is 13.2. The molecular weight excluding hydrogens is 649 g/mol. The van der Waals surface area contributed by atoms with E-state index in [1.54, 1.807) is 30.5 Å². The van der Waals surface area contributed by atoms with E-state index in [9.17, 15) is 4.79 Å². The number of hydrogen-bond donors (Lipinski definition) is 0. The highest BCUT2D eigenvalue weighted by Crippen LogP contribution is 2.26. The third-order valence-corrected chi connectivity index (χ3v) is 6.99. The number of fused-ring (bicyclic) bond motifs is 1. The summed E-state index contributed by atoms with van der Waals surface area (Å²) in [6.45, 7) is 2.39. The minimum Gasteiger partial charge on any atom is -0.488 e. The highest BCUT2D eigenvalue weighted by molar-refractivity contribution is 9.11. The third kappa shape index (κ3) is 5.79. The molecule has 9 heteroatoms. The monoisotopic (exact) mass is 665 g/mol. The van der Waals surface area contributed by atoms with Crippen molar-refractivity contribution in [2.45, 2.75) is 26.4 Å². The number of rotatable bonds is 7. The molecule has 0 aliphatic rings. The van der Waals surface area contributed by atoms with Crippen LogP contribution in [0.1, 0.15) is 30.3 Å². The molecule has 0 fully saturated rings. The van der Waals surface area contributed by atoms with Crippen molar-refractivity contribution in [1.82, 2.24) is 9.66 Å². The molecule has 0 spiro atoms. The third-order valence-electron chi connectivity index (χ3n) is 5.03. The standard InChI is InChI=1S/C25H19Br3ClN3O2/c1-2-3-24-31-22-8-6-17(26)11-20(22)25(33)32(24)30-13-16-10-19(29)7-9-23(16)34-14-15-4-5-18(27)12-21(15)28/h4-13H,2-3,14H2,1H3. The minimum absolute atomic E-state index is 0.228. The summed E-state index contributed by atoms with van der Waals surface area (Å²) in [5.41, 5.74) is 2.07. The van der Waals surface area contributed by atoms with Crippen LogP contribution in [0.2, 0.25) is 5.02 Å². The van der Waals surface area contributed by atoms with Crippen LogP contribution in [0.15, 0.2) is 77.9 Å². The quantitative estimate of drug-likeness (QED) is 0.189. The molecule has 0 atom stereocenters. The SMILES string of the molecule is CCCc1nc2ccc(Br)cc2c(=O)n1N=Cc1cc(Cl)ccc1OCc1ccc(Br)cc1Br. The molecule has 1 aromatic heterocycles. The predicted octanol–water partition coefficient (Wildman–Crippen LogP) is 7.75. The van der Waals surface area contributed by atoms with Crippen LogP contribution < -0.4 is 10.3 Å². The van der Waals surface area contributed by atoms with Crippen LogP contribution in [-0.4, -0.2) is 15.9 Å². The van der Waals surface area contributed by atoms with Crippen LogP contribution in [-0.2, 0) is 13.0 Å². The number of nitrogens with zero attached hydrogens (tertiary/aromatic N) is 3. The number of ether oxygens (including phenoxy) is 1. The topological polar surface area (TPSA) is 56.5 Å². The average Bonchev–Trinajstić information content (AvgIpc) is 2.80. The summed E-state index contributed by atoms with van der Waals surface area (Å²) in [5, 5.41) is 5.54. The van der Waals surface area contributed by atoms with Gasteiger partial charge in [0.25, 0.3) is 5.56 Å². The van der Waals surface area contributed by atoms with Crippen LogP contribution >= 0.6 is 59.4 Å². The Morgan fingerprint density at radius 1 is 1.06 bits per heavy atom. The molecule has 0 amide bonds. The van der Waals surface area contributed by atoms with Gasteiger partial charge in [0, 0.05) is 36.0 Å². The van der Waals surface area contributed by atoms with E-state index >= 15 is 0 Å². The Kier molecular flexibility index (Phi) is 8.24. The second kappa shape index (κ2) is 11.2. The maximum atomic E-state index is 13.2. The van der Waals surface area contributed by atoms with Gasteiger partial charge in [-0.3, -0.25) is 4.79 Å². The number of aryl methyl sites for hydroxylation is 1. The molecule has 4 rings (SSSR count). The van der Waals surface area contributed by atoms with Crippen molar-refractivity contribution in [3.8, 4) is 5.75 Å². The predicted molar refractivity (Wildman–Crippen MR) is 148 cm³/mol. The van der Waals surface area contributed by atoms with Gasteiger partial charge in [-0.15, -0.1) is 0 Å². The van der Waals surface area contributed by atoms with Gasteiger partial charge in [-0.05, 0) is 55.0 Å². The van der Waals surface area contributed by atoms with Crippen LogP contribution in [0.5, 0.6) is 5.75 Å². The molecular formula is C25H19Br3ClN3O2. The Balaban J connectivity index is 1.71. The van der Waals surface area contributed by atoms with Gasteiger partial charge in [-0.2, -0.15) is 9.78 Å². The van der Waals surface area contributed by atoms with E-state index in [1.807, 2.05) is 37.3 Å². The van der Waals surface area contributed by atoms with Crippen LogP contribution in [0, 0.1) is 0 Å². The molecule has 0 N–H and O–H groups in total. The average molecular weight is 669 g/mol. The van der Waals surface area contributed by atoms with Crippen LogP contribution in [0.4, 0.5) is 0 Å². The summed E-state index contributed by atoms with van der Waals surface area (Å²) in [4.78, 5) is 17.9. The lowest BCUT2D eigenvalue weighted by Crippen LogP contribution is -2.22. The highest BCUT2D eigenvalue weighted by Gasteiger charge is 2.12. The maximum Gasteiger partial charge on any atom is 0.282 e. The number of aromatic nitrogens is 2. The van der Waals surface area contributed by atoms with E-state index in [4.69, 9.17) is 16.3 Å². The molecule has 0 saturated heterocycles. The molecule has 4 aromatic rings. The Labute approximate surface area is 227 Å². The van der Waals surface area contributed by atoms with Gasteiger partial charge in [-0.25, -0.2) is 4.98 Å². The smallest absolute Gasteiger partial charge is 0.282 e. The highest BCUT2D eigenvalue weighted by atomic mass is 79.9. The number of benzene rings is 3. The molecule has 0 unspecified atom stereocenters. The summed E-state index contributed by atoms with van der Waals surface area (Å²) < 4.78 is 10.2. The van der Waals surface area contributed by atoms with Gasteiger partial charge in [-0.1, -0.05) is 72.4 Å². The zero-order valence-electron chi connectivity index (χ0n) is 18.1. The second-order valence-corrected chi connectivity index (χ2v) is 10.6. The molecule has 0 bridgehead atoms. The molecule has 3 aromatic carbocycles. The lowest BCUT2D eigenvalue weighted by molar-refractivity contribution is 0.305. The Morgan fingerprint density at radius 2 is 1.82 bits per heavy atom. The minimum atomic E-state index is -0.228. The number of hydrogen-bond acceptors (Lipinski definition) is 4. The van der Waals surface area contributed by atoms with Gasteiger partial charge >= 0.3 is 0 Å². The van der Waals surface area contributed by atoms with Crippen molar-refractivity contribution >= 4 is 76.5 Å². The molecule has 174 valence electrons. The van der Waals surface area contributed by atoms with Gasteiger partial charge in [0.15, 0.2) is 0 Å². The van der Waals surface area contributed by atoms with Crippen molar-refractivity contribution in [3.63, 3.8) is 0 Å². The molecule has 5 nitrogen and oxygen atoms in total. The zero-order valence-corrected chi connectivity index (χ0v) is 23.6. The number of halogens is 4. The molecule has 1 heterocycles. The van der Waals surface area contributed by atoms with E-state index in [0.29, 0.717) is 46.1 Å². The van der Waals surface area contributed by atoms with Crippen molar-refractivity contribution in [2.75, 3.05) is 0 Å². The summed E-state index contributed by atoms with van der Waals surface area (Å²) in [7, 11) is 0. The van der Waals surface area contributed by atoms with Crippen molar-refractivity contribution in [2.24, 2.45) is 5.10 Å². The van der Waals surface area contributed by atoms with Crippen molar-refractivity contribution < 1.29 is 4.74 Å². The van der Waals surface area contributed by atoms with Gasteiger partial charge in [0.05, 0.1) is 17.1 Å². The summed E-state index contributed by atoms with van der Waals surface area (Å²) in [6.07, 6.45) is 3.04. The first-order valence-electron chi connectivity index (χ1n) is 10.5. The van der Waals surface area contributed by atoms with E-state index in [2.05, 4.69) is 57.9 Å². The fraction of sp³-hybridized carbons (Fsp3) is 0.160. The first kappa shape index (κ1) is 25.1. The molecule has 34 heavy (non-hydrogen) atoms. The van der Waals surface area contributed by atoms with E-state index < -0.39 is 0 Å². The van der Waals surface area contributed by atoms with Gasteiger partial charge < -0.3 is 4.74 Å². The first-order chi connectivity index (χ1) is 16.4. The van der Waals surface area contributed by atoms with Gasteiger partial charge in [0.1, 0.15) is 18.2 Å². The summed E-state index contributed by atoms with van der Waals surface area (Å²) in [6, 6.07) is 16.7. The molecule has 0 aliphatic carbocycles. The van der Waals surface area contributed by atoms with Gasteiger partial charge in [0.2, 0.25) is 0 Å². The second-order valence-electron chi connectivity index (χ2n) is 7.51. The zero-order chi connectivity index (χ0) is 24.2. The first-order valence-corrected chi connectivity index (χ1v) is 13.2. The van der Waals surface area contributed by atoms with E-state index in [1.165, 1.54) is 4.68 Å². The lowest BCUT2D eigenvalue weighted by Gasteiger charge is -2.12. The normalized spacial score (nSPS) is 11.4. The summed E-state index contributed by atoms with van der Waals surface area (Å²) in [5.74, 6) is 1.20. The molecule has 0 saturated carbocycles. The van der Waals surface area contributed by atoms with E-state index in [0.717, 1.165) is 25.4 Å².